The second kappa shape index (κ2) is 15.8. The third-order valence-corrected chi connectivity index (χ3v) is 9.28. The van der Waals surface area contributed by atoms with Crippen LogP contribution in [0.25, 0.3) is 0 Å². The summed E-state index contributed by atoms with van der Waals surface area (Å²) in [7, 11) is -3.40. The van der Waals surface area contributed by atoms with Crippen molar-refractivity contribution < 1.29 is 50.5 Å². The van der Waals surface area contributed by atoms with E-state index in [0.717, 1.165) is 0 Å². The molecule has 1 aromatic heterocycles. The zero-order valence-corrected chi connectivity index (χ0v) is 29.1. The predicted molar refractivity (Wildman–Crippen MR) is 181 cm³/mol. The van der Waals surface area contributed by atoms with Crippen molar-refractivity contribution in [1.82, 2.24) is 20.1 Å². The van der Waals surface area contributed by atoms with Crippen molar-refractivity contribution in [2.75, 3.05) is 44.7 Å². The standard InChI is InChI=1S/C31H29ClF2N6O5S.H2O4S/c1-45-30(43)26-23(36-28(29-35-8-11-46-29)37-27(26)20-5-4-18(33)13-21(20)32)16-38-9-10-39-19(14-38)15-40(31(39)44)24-6-2-17(12-22(24)34)3-7-25(41)42;1-5(2,3)4/h2,4-6,8,11-13,19,27H,3,7,9-10,14-16H2,1H3,(H,36,37)(H,41,42);(H2,1,2,3,4)/t19-,27-;/m0./s1. The van der Waals surface area contributed by atoms with E-state index in [-0.39, 0.29) is 54.3 Å². The Labute approximate surface area is 299 Å². The molecular weight excluding hydrogens is 738 g/mol. The number of ether oxygens (including phenoxy) is 1. The van der Waals surface area contributed by atoms with Crippen LogP contribution in [0.2, 0.25) is 5.02 Å². The van der Waals surface area contributed by atoms with Crippen molar-refractivity contribution >= 4 is 62.8 Å². The summed E-state index contributed by atoms with van der Waals surface area (Å²) >= 11 is 7.81. The number of amides is 2. The van der Waals surface area contributed by atoms with E-state index >= 15 is 4.39 Å². The van der Waals surface area contributed by atoms with Crippen LogP contribution in [0.15, 0.2) is 64.2 Å². The number of aliphatic carboxylic acids is 1. The molecule has 2 fully saturated rings. The summed E-state index contributed by atoms with van der Waals surface area (Å²) in [6.07, 6.45) is 1.70. The lowest BCUT2D eigenvalue weighted by Crippen LogP contribution is -2.53. The summed E-state index contributed by atoms with van der Waals surface area (Å²) in [6.45, 7) is 1.79. The van der Waals surface area contributed by atoms with Gasteiger partial charge in [-0.15, -0.1) is 11.3 Å². The maximum absolute atomic E-state index is 15.1. The Morgan fingerprint density at radius 1 is 1.14 bits per heavy atom. The number of carbonyl (C=O) groups is 3. The van der Waals surface area contributed by atoms with E-state index in [2.05, 4.69) is 15.2 Å². The number of hydrogen-bond acceptors (Lipinski definition) is 11. The molecule has 0 bridgehead atoms. The molecular formula is C31H31ClF2N6O9S2. The number of fused-ring (bicyclic) bond motifs is 1. The molecule has 2 saturated heterocycles. The average Bonchev–Trinajstić information content (AvgIpc) is 3.71. The van der Waals surface area contributed by atoms with Crippen LogP contribution < -0.4 is 10.2 Å². The van der Waals surface area contributed by atoms with Crippen molar-refractivity contribution in [2.45, 2.75) is 24.9 Å². The molecule has 6 rings (SSSR count). The zero-order valence-electron chi connectivity index (χ0n) is 26.7. The molecule has 2 aromatic carbocycles. The fourth-order valence-electron chi connectivity index (χ4n) is 5.98. The summed E-state index contributed by atoms with van der Waals surface area (Å²) in [4.78, 5) is 51.9. The number of rotatable bonds is 9. The lowest BCUT2D eigenvalue weighted by molar-refractivity contribution is -0.137. The molecule has 2 amide bonds. The van der Waals surface area contributed by atoms with E-state index in [1.807, 2.05) is 0 Å². The molecule has 51 heavy (non-hydrogen) atoms. The van der Waals surface area contributed by atoms with Gasteiger partial charge in [-0.1, -0.05) is 23.7 Å². The fraction of sp³-hybridized carbons (Fsp3) is 0.323. The van der Waals surface area contributed by atoms with Gasteiger partial charge in [0.15, 0.2) is 10.8 Å². The number of carboxylic acids is 1. The van der Waals surface area contributed by atoms with E-state index in [1.54, 1.807) is 22.5 Å². The van der Waals surface area contributed by atoms with Gasteiger partial charge in [-0.3, -0.25) is 28.7 Å². The molecule has 272 valence electrons. The molecule has 0 saturated carbocycles. The van der Waals surface area contributed by atoms with Gasteiger partial charge in [-0.05, 0) is 36.2 Å². The Kier molecular flexibility index (Phi) is 11.7. The van der Waals surface area contributed by atoms with Crippen molar-refractivity contribution in [1.29, 1.82) is 0 Å². The molecule has 15 nitrogen and oxygen atoms in total. The van der Waals surface area contributed by atoms with Gasteiger partial charge in [0.2, 0.25) is 0 Å². The van der Waals surface area contributed by atoms with Crippen LogP contribution >= 0.6 is 22.9 Å². The topological polar surface area (TPSA) is 202 Å². The van der Waals surface area contributed by atoms with Gasteiger partial charge >= 0.3 is 28.4 Å². The molecule has 3 aliphatic heterocycles. The number of benzene rings is 2. The van der Waals surface area contributed by atoms with Crippen LogP contribution in [0.1, 0.15) is 28.6 Å². The number of methoxy groups -OCH3 is 1. The summed E-state index contributed by atoms with van der Waals surface area (Å²) in [6, 6.07) is 6.87. The van der Waals surface area contributed by atoms with Gasteiger partial charge in [-0.25, -0.2) is 23.4 Å². The maximum atomic E-state index is 15.1. The number of nitrogens with zero attached hydrogens (tertiary/aromatic N) is 5. The third-order valence-electron chi connectivity index (χ3n) is 8.17. The quantitative estimate of drug-likeness (QED) is 0.182. The number of amidine groups is 1. The minimum atomic E-state index is -4.67. The van der Waals surface area contributed by atoms with Gasteiger partial charge in [0.05, 0.1) is 24.4 Å². The first-order chi connectivity index (χ1) is 24.1. The third kappa shape index (κ3) is 9.23. The van der Waals surface area contributed by atoms with Crippen molar-refractivity contribution in [3.63, 3.8) is 0 Å². The molecule has 0 spiro atoms. The number of aromatic nitrogens is 1. The molecule has 0 radical (unpaired) electrons. The number of urea groups is 1. The highest BCUT2D eigenvalue weighted by molar-refractivity contribution is 7.79. The van der Waals surface area contributed by atoms with Crippen LogP contribution in [0.5, 0.6) is 0 Å². The first-order valence-electron chi connectivity index (χ1n) is 15.1. The molecule has 20 heteroatoms. The number of halogens is 3. The van der Waals surface area contributed by atoms with Crippen LogP contribution in [0.3, 0.4) is 0 Å². The zero-order chi connectivity index (χ0) is 37.0. The summed E-state index contributed by atoms with van der Waals surface area (Å²) < 4.78 is 65.8. The summed E-state index contributed by atoms with van der Waals surface area (Å²) in [5.74, 6) is -2.29. The normalized spacial score (nSPS) is 19.2. The number of aryl methyl sites for hydroxylation is 1. The number of carboxylic acid groups (broad SMARTS) is 1. The van der Waals surface area contributed by atoms with Crippen LogP contribution in [0, 0.1) is 11.6 Å². The maximum Gasteiger partial charge on any atom is 0.394 e. The monoisotopic (exact) mass is 768 g/mol. The van der Waals surface area contributed by atoms with Crippen molar-refractivity contribution in [2.24, 2.45) is 4.99 Å². The van der Waals surface area contributed by atoms with Crippen molar-refractivity contribution in [3.8, 4) is 0 Å². The Balaban J connectivity index is 0.000000943. The van der Waals surface area contributed by atoms with E-state index in [1.165, 1.54) is 53.7 Å². The van der Waals surface area contributed by atoms with Crippen LogP contribution in [-0.2, 0) is 31.1 Å². The molecule has 2 atom stereocenters. The number of thiazole rings is 1. The second-order valence-electron chi connectivity index (χ2n) is 11.5. The van der Waals surface area contributed by atoms with Gasteiger partial charge < -0.3 is 20.1 Å². The van der Waals surface area contributed by atoms with E-state index in [4.69, 9.17) is 44.0 Å². The lowest BCUT2D eigenvalue weighted by atomic mass is 9.95. The minimum Gasteiger partial charge on any atom is -0.481 e. The number of esters is 1. The highest BCUT2D eigenvalue weighted by Crippen LogP contribution is 2.37. The molecule has 0 aliphatic carbocycles. The minimum absolute atomic E-state index is 0.107. The molecule has 3 aliphatic rings. The number of hydrogen-bond donors (Lipinski definition) is 4. The van der Waals surface area contributed by atoms with E-state index in [9.17, 15) is 18.8 Å². The highest BCUT2D eigenvalue weighted by atomic mass is 35.5. The predicted octanol–water partition coefficient (Wildman–Crippen LogP) is 3.58. The Morgan fingerprint density at radius 3 is 2.51 bits per heavy atom. The Bertz CT molecular complexity index is 1990. The van der Waals surface area contributed by atoms with Crippen LogP contribution in [0.4, 0.5) is 19.3 Å². The SMILES string of the molecule is COC(=O)C1=C(CN2CCN3C(=O)N(c4ccc(CCC(=O)O)cc4F)C[C@@H]3C2)NC(c2nccs2)=N[C@H]1c1ccc(F)cc1Cl.O=S(=O)(O)O. The number of nitrogens with one attached hydrogen (secondary N) is 1. The van der Waals surface area contributed by atoms with Crippen LogP contribution in [-0.4, -0.2) is 107 Å². The van der Waals surface area contributed by atoms with Gasteiger partial charge in [0, 0.05) is 67.0 Å². The number of piperazine rings is 1. The first-order valence-corrected chi connectivity index (χ1v) is 17.8. The number of carbonyl (C=O) groups excluding carboxylic acids is 2. The molecule has 4 heterocycles. The van der Waals surface area contributed by atoms with Gasteiger partial charge in [0.25, 0.3) is 0 Å². The summed E-state index contributed by atoms with van der Waals surface area (Å²) in [5, 5.41) is 14.7. The van der Waals surface area contributed by atoms with Gasteiger partial charge in [0.1, 0.15) is 17.7 Å². The average molecular weight is 769 g/mol. The molecule has 4 N–H and O–H groups in total. The highest BCUT2D eigenvalue weighted by Gasteiger charge is 2.43. The summed E-state index contributed by atoms with van der Waals surface area (Å²) in [5.41, 5.74) is 1.82. The first kappa shape index (κ1) is 37.7. The van der Waals surface area contributed by atoms with E-state index in [0.29, 0.717) is 47.3 Å². The van der Waals surface area contributed by atoms with Gasteiger partial charge in [-0.2, -0.15) is 8.42 Å². The smallest absolute Gasteiger partial charge is 0.394 e. The number of anilines is 1. The fourth-order valence-corrected chi connectivity index (χ4v) is 6.84. The largest absolute Gasteiger partial charge is 0.481 e. The second-order valence-corrected chi connectivity index (χ2v) is 13.7. The Morgan fingerprint density at radius 2 is 1.88 bits per heavy atom. The molecule has 0 unspecified atom stereocenters. The number of aliphatic imine (C=N–C) groups is 1. The molecule has 3 aromatic rings. The van der Waals surface area contributed by atoms with E-state index < -0.39 is 40.0 Å². The Hall–Kier alpha value is -4.53. The lowest BCUT2D eigenvalue weighted by Gasteiger charge is -2.38. The van der Waals surface area contributed by atoms with Crippen molar-refractivity contribution in [3.05, 3.63) is 92.0 Å².